The van der Waals surface area contributed by atoms with E-state index < -0.39 is 31.6 Å². The van der Waals surface area contributed by atoms with Gasteiger partial charge in [-0.25, -0.2) is 0 Å². The normalized spacial score (nSPS) is 25.1. The molecular formula is C33H31FN2O4Si. The topological polar surface area (TPSA) is 70.1 Å². The molecule has 7 rings (SSSR count). The van der Waals surface area contributed by atoms with Gasteiger partial charge < -0.3 is 14.0 Å². The molecule has 4 aromatic carbocycles. The number of nitrogens with zero attached hydrogens (tertiary/aromatic N) is 2. The van der Waals surface area contributed by atoms with Crippen LogP contribution in [0.15, 0.2) is 84.9 Å². The van der Waals surface area contributed by atoms with Crippen molar-refractivity contribution >= 4 is 53.7 Å². The van der Waals surface area contributed by atoms with Crippen molar-refractivity contribution in [3.63, 3.8) is 0 Å². The Labute approximate surface area is 239 Å². The third-order valence-electron chi connectivity index (χ3n) is 9.10. The zero-order valence-electron chi connectivity index (χ0n) is 23.2. The first-order valence-corrected chi connectivity index (χ1v) is 17.0. The molecule has 208 valence electrons. The quantitative estimate of drug-likeness (QED) is 0.209. The van der Waals surface area contributed by atoms with Crippen LogP contribution in [0.4, 0.5) is 26.9 Å². The first kappa shape index (κ1) is 26.1. The molecule has 0 unspecified atom stereocenters. The van der Waals surface area contributed by atoms with Gasteiger partial charge in [0.1, 0.15) is 0 Å². The van der Waals surface area contributed by atoms with Gasteiger partial charge in [-0.15, -0.1) is 0 Å². The standard InChI is InChI=1S/C33H31FN2O4Si/c1-20-30(41(2,3)34)28(17-18-37)40-33(20)25-19-23(15-16-26(25)36(32(33)39)22-11-5-4-6-12-22)35-27-14-8-10-21-9-7-13-24(29(21)27)31(35)38/h4-16,19-20,28,30,37H,17-18H2,1-3H3/t20-,28+,30-,33+/m0/s1. The van der Waals surface area contributed by atoms with Crippen molar-refractivity contribution in [3.05, 3.63) is 96.1 Å². The van der Waals surface area contributed by atoms with E-state index in [0.29, 0.717) is 28.2 Å². The molecule has 41 heavy (non-hydrogen) atoms. The SMILES string of the molecule is C[C@H]1[C@H]([Si](C)(C)F)[C@@H](CCO)O[C@]12C(=O)N(c1ccccc1)c1ccc(N3C(=O)c4cccc5cccc3c45)cc12. The lowest BCUT2D eigenvalue weighted by Crippen LogP contribution is -2.44. The Bertz CT molecular complexity index is 1720. The largest absolute Gasteiger partial charge is 0.396 e. The molecule has 4 aromatic rings. The molecule has 1 spiro atoms. The maximum atomic E-state index is 15.9. The van der Waals surface area contributed by atoms with Gasteiger partial charge in [-0.2, -0.15) is 0 Å². The summed E-state index contributed by atoms with van der Waals surface area (Å²) in [6.07, 6.45) is -0.364. The third kappa shape index (κ3) is 3.54. The number of rotatable bonds is 5. The molecule has 0 bridgehead atoms. The molecular weight excluding hydrogens is 535 g/mol. The van der Waals surface area contributed by atoms with E-state index in [0.717, 1.165) is 16.5 Å². The molecule has 1 fully saturated rings. The second-order valence-corrected chi connectivity index (χ2v) is 15.6. The molecule has 0 aliphatic carbocycles. The minimum absolute atomic E-state index is 0.135. The number of benzene rings is 4. The number of ether oxygens (including phenoxy) is 1. The Balaban J connectivity index is 1.44. The first-order valence-electron chi connectivity index (χ1n) is 14.1. The summed E-state index contributed by atoms with van der Waals surface area (Å²) in [6.45, 7) is 5.03. The molecule has 3 heterocycles. The number of aliphatic hydroxyl groups excluding tert-OH is 1. The average molecular weight is 567 g/mol. The number of anilines is 4. The highest BCUT2D eigenvalue weighted by Crippen LogP contribution is 2.61. The van der Waals surface area contributed by atoms with Crippen molar-refractivity contribution in [2.24, 2.45) is 5.92 Å². The van der Waals surface area contributed by atoms with E-state index in [2.05, 4.69) is 0 Å². The Morgan fingerprint density at radius 2 is 1.63 bits per heavy atom. The molecule has 0 radical (unpaired) electrons. The number of para-hydroxylation sites is 1. The first-order chi connectivity index (χ1) is 19.7. The van der Waals surface area contributed by atoms with E-state index in [1.807, 2.05) is 91.9 Å². The zero-order chi connectivity index (χ0) is 28.7. The van der Waals surface area contributed by atoms with E-state index in [9.17, 15) is 14.7 Å². The van der Waals surface area contributed by atoms with Crippen LogP contribution in [0.2, 0.25) is 18.6 Å². The number of carbonyl (C=O) groups excluding carboxylic acids is 2. The number of hydrogen-bond donors (Lipinski definition) is 1. The fourth-order valence-corrected chi connectivity index (χ4v) is 10.0. The lowest BCUT2D eigenvalue weighted by Gasteiger charge is -2.31. The fraction of sp³-hybridized carbons (Fsp3) is 0.273. The summed E-state index contributed by atoms with van der Waals surface area (Å²) >= 11 is 0. The van der Waals surface area contributed by atoms with Crippen molar-refractivity contribution in [1.29, 1.82) is 0 Å². The summed E-state index contributed by atoms with van der Waals surface area (Å²) in [6, 6.07) is 26.5. The van der Waals surface area contributed by atoms with Crippen molar-refractivity contribution in [1.82, 2.24) is 0 Å². The van der Waals surface area contributed by atoms with E-state index in [4.69, 9.17) is 4.74 Å². The monoisotopic (exact) mass is 566 g/mol. The average Bonchev–Trinajstić information content (AvgIpc) is 3.51. The highest BCUT2D eigenvalue weighted by atomic mass is 28.4. The van der Waals surface area contributed by atoms with Crippen molar-refractivity contribution < 1.29 is 23.5 Å². The highest BCUT2D eigenvalue weighted by Gasteiger charge is 2.67. The molecule has 0 saturated carbocycles. The van der Waals surface area contributed by atoms with Crippen molar-refractivity contribution in [3.8, 4) is 0 Å². The highest BCUT2D eigenvalue weighted by molar-refractivity contribution is 6.72. The summed E-state index contributed by atoms with van der Waals surface area (Å²) < 4.78 is 22.6. The second-order valence-electron chi connectivity index (χ2n) is 11.8. The van der Waals surface area contributed by atoms with Gasteiger partial charge in [0.15, 0.2) is 5.60 Å². The molecule has 1 saturated heterocycles. The van der Waals surface area contributed by atoms with Crippen LogP contribution in [0.25, 0.3) is 10.8 Å². The predicted octanol–water partition coefficient (Wildman–Crippen LogP) is 6.97. The smallest absolute Gasteiger partial charge is 0.268 e. The maximum absolute atomic E-state index is 15.9. The van der Waals surface area contributed by atoms with Crippen LogP contribution in [0.1, 0.15) is 29.3 Å². The van der Waals surface area contributed by atoms with Gasteiger partial charge >= 0.3 is 0 Å². The van der Waals surface area contributed by atoms with Crippen LogP contribution in [0.3, 0.4) is 0 Å². The minimum Gasteiger partial charge on any atom is -0.396 e. The zero-order valence-corrected chi connectivity index (χ0v) is 24.2. The Kier molecular flexibility index (Phi) is 5.77. The summed E-state index contributed by atoms with van der Waals surface area (Å²) in [4.78, 5) is 31.7. The van der Waals surface area contributed by atoms with Gasteiger partial charge in [0, 0.05) is 40.4 Å². The summed E-state index contributed by atoms with van der Waals surface area (Å²) in [7, 11) is -3.33. The van der Waals surface area contributed by atoms with Crippen LogP contribution in [0.5, 0.6) is 0 Å². The number of aliphatic hydroxyl groups is 1. The molecule has 0 aromatic heterocycles. The summed E-state index contributed by atoms with van der Waals surface area (Å²) in [5.41, 5.74) is 2.05. The van der Waals surface area contributed by atoms with E-state index in [1.54, 1.807) is 22.9 Å². The minimum atomic E-state index is -3.33. The number of halogens is 1. The van der Waals surface area contributed by atoms with Gasteiger partial charge in [0.25, 0.3) is 11.8 Å². The van der Waals surface area contributed by atoms with Gasteiger partial charge in [0.05, 0.1) is 23.0 Å². The number of amides is 2. The maximum Gasteiger partial charge on any atom is 0.268 e. The lowest BCUT2D eigenvalue weighted by molar-refractivity contribution is -0.145. The Morgan fingerprint density at radius 1 is 0.902 bits per heavy atom. The van der Waals surface area contributed by atoms with Crippen LogP contribution < -0.4 is 9.80 Å². The van der Waals surface area contributed by atoms with Gasteiger partial charge in [-0.1, -0.05) is 49.4 Å². The van der Waals surface area contributed by atoms with Crippen LogP contribution in [-0.4, -0.2) is 38.0 Å². The van der Waals surface area contributed by atoms with Crippen LogP contribution >= 0.6 is 0 Å². The van der Waals surface area contributed by atoms with E-state index in [1.165, 1.54) is 0 Å². The molecule has 8 heteroatoms. The van der Waals surface area contributed by atoms with Crippen molar-refractivity contribution in [2.45, 2.75) is 43.7 Å². The summed E-state index contributed by atoms with van der Waals surface area (Å²) in [5, 5.41) is 11.7. The molecule has 1 N–H and O–H groups in total. The number of hydrogen-bond acceptors (Lipinski definition) is 4. The molecule has 2 amide bonds. The Hall–Kier alpha value is -3.85. The third-order valence-corrected chi connectivity index (χ3v) is 11.6. The second kappa shape index (κ2) is 9.07. The van der Waals surface area contributed by atoms with Gasteiger partial charge in [-0.3, -0.25) is 19.4 Å². The molecule has 6 nitrogen and oxygen atoms in total. The van der Waals surface area contributed by atoms with Gasteiger partial charge in [0.2, 0.25) is 8.41 Å². The van der Waals surface area contributed by atoms with Crippen molar-refractivity contribution in [2.75, 3.05) is 16.4 Å². The Morgan fingerprint density at radius 3 is 2.34 bits per heavy atom. The molecule has 4 atom stereocenters. The van der Waals surface area contributed by atoms with Crippen LogP contribution in [0, 0.1) is 5.92 Å². The molecule has 3 aliphatic heterocycles. The predicted molar refractivity (Wildman–Crippen MR) is 160 cm³/mol. The molecule has 3 aliphatic rings. The van der Waals surface area contributed by atoms with E-state index in [-0.39, 0.29) is 24.8 Å². The van der Waals surface area contributed by atoms with Gasteiger partial charge in [-0.05, 0) is 67.4 Å². The van der Waals surface area contributed by atoms with E-state index >= 15 is 4.11 Å². The number of fused-ring (bicyclic) bond motifs is 2. The summed E-state index contributed by atoms with van der Waals surface area (Å²) in [5.74, 6) is -0.898. The van der Waals surface area contributed by atoms with Crippen LogP contribution in [-0.2, 0) is 15.1 Å². The fourth-order valence-electron chi connectivity index (χ4n) is 7.50. The lowest BCUT2D eigenvalue weighted by atomic mass is 9.82. The number of carbonyl (C=O) groups is 2.